The van der Waals surface area contributed by atoms with Crippen molar-refractivity contribution in [1.82, 2.24) is 5.32 Å². The SMILES string of the molecule is CCC(C)(NC(N)=S)C(=O)O. The van der Waals surface area contributed by atoms with Crippen molar-refractivity contribution in [3.63, 3.8) is 0 Å². The Morgan fingerprint density at radius 1 is 1.82 bits per heavy atom. The zero-order valence-electron chi connectivity index (χ0n) is 6.55. The van der Waals surface area contributed by atoms with Gasteiger partial charge in [-0.15, -0.1) is 0 Å². The van der Waals surface area contributed by atoms with Crippen molar-refractivity contribution in [2.24, 2.45) is 5.73 Å². The zero-order valence-corrected chi connectivity index (χ0v) is 7.36. The Morgan fingerprint density at radius 2 is 2.27 bits per heavy atom. The number of carboxylic acid groups (broad SMARTS) is 1. The molecular weight excluding hydrogens is 164 g/mol. The first-order valence-electron chi connectivity index (χ1n) is 3.23. The zero-order chi connectivity index (χ0) is 9.07. The molecule has 0 bridgehead atoms. The van der Waals surface area contributed by atoms with Gasteiger partial charge in [-0.2, -0.15) is 0 Å². The second kappa shape index (κ2) is 3.52. The summed E-state index contributed by atoms with van der Waals surface area (Å²) in [5.74, 6) is -0.951. The molecule has 0 fully saturated rings. The first-order chi connectivity index (χ1) is 4.92. The van der Waals surface area contributed by atoms with Crippen LogP contribution in [0.5, 0.6) is 0 Å². The Labute approximate surface area is 70.8 Å². The van der Waals surface area contributed by atoms with Crippen molar-refractivity contribution in [1.29, 1.82) is 0 Å². The fraction of sp³-hybridized carbons (Fsp3) is 0.667. The van der Waals surface area contributed by atoms with E-state index >= 15 is 0 Å². The lowest BCUT2D eigenvalue weighted by molar-refractivity contribution is -0.143. The molecule has 0 spiro atoms. The Balaban J connectivity index is 4.34. The minimum Gasteiger partial charge on any atom is -0.480 e. The van der Waals surface area contributed by atoms with Gasteiger partial charge >= 0.3 is 5.97 Å². The minimum atomic E-state index is -1.04. The van der Waals surface area contributed by atoms with Crippen molar-refractivity contribution >= 4 is 23.3 Å². The molecule has 0 amide bonds. The van der Waals surface area contributed by atoms with Crippen molar-refractivity contribution in [2.45, 2.75) is 25.8 Å². The number of thiocarbonyl (C=S) groups is 1. The number of rotatable bonds is 3. The van der Waals surface area contributed by atoms with E-state index in [1.54, 1.807) is 6.92 Å². The number of hydrogen-bond acceptors (Lipinski definition) is 2. The first-order valence-corrected chi connectivity index (χ1v) is 3.64. The molecule has 11 heavy (non-hydrogen) atoms. The van der Waals surface area contributed by atoms with E-state index in [4.69, 9.17) is 10.8 Å². The molecule has 5 heteroatoms. The van der Waals surface area contributed by atoms with E-state index in [2.05, 4.69) is 17.5 Å². The largest absolute Gasteiger partial charge is 0.480 e. The molecule has 0 saturated carbocycles. The van der Waals surface area contributed by atoms with E-state index in [1.807, 2.05) is 0 Å². The van der Waals surface area contributed by atoms with E-state index in [1.165, 1.54) is 6.92 Å². The molecule has 0 aromatic carbocycles. The summed E-state index contributed by atoms with van der Waals surface area (Å²) < 4.78 is 0. The lowest BCUT2D eigenvalue weighted by Crippen LogP contribution is -2.53. The molecule has 0 aromatic heterocycles. The number of carbonyl (C=O) groups is 1. The molecule has 0 radical (unpaired) electrons. The molecule has 1 unspecified atom stereocenters. The Kier molecular flexibility index (Phi) is 3.25. The topological polar surface area (TPSA) is 75.3 Å². The van der Waals surface area contributed by atoms with Gasteiger partial charge in [0.25, 0.3) is 0 Å². The van der Waals surface area contributed by atoms with Crippen LogP contribution in [0.1, 0.15) is 20.3 Å². The molecule has 4 N–H and O–H groups in total. The molecule has 0 saturated heterocycles. The van der Waals surface area contributed by atoms with Crippen molar-refractivity contribution < 1.29 is 9.90 Å². The van der Waals surface area contributed by atoms with E-state index in [9.17, 15) is 4.79 Å². The van der Waals surface area contributed by atoms with Crippen LogP contribution in [0.2, 0.25) is 0 Å². The quantitative estimate of drug-likeness (QED) is 0.531. The van der Waals surface area contributed by atoms with E-state index in [-0.39, 0.29) is 5.11 Å². The van der Waals surface area contributed by atoms with Gasteiger partial charge in [-0.05, 0) is 25.6 Å². The van der Waals surface area contributed by atoms with Gasteiger partial charge in [-0.25, -0.2) is 4.79 Å². The van der Waals surface area contributed by atoms with Crippen LogP contribution in [0.3, 0.4) is 0 Å². The normalized spacial score (nSPS) is 15.1. The average Bonchev–Trinajstić information content (AvgIpc) is 1.86. The molecule has 64 valence electrons. The number of aliphatic carboxylic acids is 1. The maximum absolute atomic E-state index is 10.6. The van der Waals surface area contributed by atoms with Crippen LogP contribution >= 0.6 is 12.2 Å². The Bertz CT molecular complexity index is 183. The van der Waals surface area contributed by atoms with E-state index in [0.29, 0.717) is 6.42 Å². The maximum atomic E-state index is 10.6. The number of hydrogen-bond donors (Lipinski definition) is 3. The van der Waals surface area contributed by atoms with Gasteiger partial charge in [-0.3, -0.25) is 0 Å². The van der Waals surface area contributed by atoms with Gasteiger partial charge in [0, 0.05) is 0 Å². The fourth-order valence-electron chi connectivity index (χ4n) is 0.565. The van der Waals surface area contributed by atoms with Crippen molar-refractivity contribution in [3.05, 3.63) is 0 Å². The Morgan fingerprint density at radius 3 is 2.36 bits per heavy atom. The smallest absolute Gasteiger partial charge is 0.329 e. The number of carboxylic acids is 1. The summed E-state index contributed by atoms with van der Waals surface area (Å²) in [6, 6.07) is 0. The van der Waals surface area contributed by atoms with Gasteiger partial charge in [-0.1, -0.05) is 6.92 Å². The fourth-order valence-corrected chi connectivity index (χ4v) is 0.790. The third kappa shape index (κ3) is 2.71. The predicted molar refractivity (Wildman–Crippen MR) is 46.3 cm³/mol. The molecule has 0 heterocycles. The lowest BCUT2D eigenvalue weighted by Gasteiger charge is -2.24. The van der Waals surface area contributed by atoms with Crippen LogP contribution in [0.15, 0.2) is 0 Å². The monoisotopic (exact) mass is 176 g/mol. The van der Waals surface area contributed by atoms with Crippen molar-refractivity contribution in [3.8, 4) is 0 Å². The summed E-state index contributed by atoms with van der Waals surface area (Å²) in [7, 11) is 0. The molecule has 0 rings (SSSR count). The highest BCUT2D eigenvalue weighted by atomic mass is 32.1. The van der Waals surface area contributed by atoms with Crippen LogP contribution in [-0.4, -0.2) is 21.7 Å². The maximum Gasteiger partial charge on any atom is 0.329 e. The van der Waals surface area contributed by atoms with Gasteiger partial charge in [0.1, 0.15) is 5.54 Å². The number of nitrogens with one attached hydrogen (secondary N) is 1. The summed E-state index contributed by atoms with van der Waals surface area (Å²) in [6.07, 6.45) is 0.430. The molecule has 0 aliphatic rings. The summed E-state index contributed by atoms with van der Waals surface area (Å²) in [5, 5.41) is 11.2. The Hall–Kier alpha value is -0.840. The summed E-state index contributed by atoms with van der Waals surface area (Å²) in [5.41, 5.74) is 4.11. The highest BCUT2D eigenvalue weighted by Gasteiger charge is 2.30. The highest BCUT2D eigenvalue weighted by molar-refractivity contribution is 7.80. The van der Waals surface area contributed by atoms with Crippen LogP contribution in [-0.2, 0) is 4.79 Å². The third-order valence-corrected chi connectivity index (χ3v) is 1.68. The number of nitrogens with two attached hydrogens (primary N) is 1. The van der Waals surface area contributed by atoms with Gasteiger partial charge in [0.2, 0.25) is 0 Å². The highest BCUT2D eigenvalue weighted by Crippen LogP contribution is 2.08. The molecule has 0 aromatic rings. The molecule has 1 atom stereocenters. The van der Waals surface area contributed by atoms with Gasteiger partial charge < -0.3 is 16.2 Å². The molecule has 0 aliphatic heterocycles. The van der Waals surface area contributed by atoms with Crippen LogP contribution in [0.4, 0.5) is 0 Å². The van der Waals surface area contributed by atoms with E-state index in [0.717, 1.165) is 0 Å². The summed E-state index contributed by atoms with van der Waals surface area (Å²) in [4.78, 5) is 10.6. The third-order valence-electron chi connectivity index (χ3n) is 1.58. The first kappa shape index (κ1) is 10.2. The molecular formula is C6H12N2O2S. The van der Waals surface area contributed by atoms with E-state index < -0.39 is 11.5 Å². The van der Waals surface area contributed by atoms with Crippen LogP contribution in [0, 0.1) is 0 Å². The lowest BCUT2D eigenvalue weighted by atomic mass is 10.00. The van der Waals surface area contributed by atoms with Gasteiger partial charge in [0.15, 0.2) is 5.11 Å². The summed E-state index contributed by atoms with van der Waals surface area (Å²) >= 11 is 4.53. The minimum absolute atomic E-state index is 0.0109. The van der Waals surface area contributed by atoms with Crippen LogP contribution in [0.25, 0.3) is 0 Å². The molecule has 4 nitrogen and oxygen atoms in total. The second-order valence-electron chi connectivity index (χ2n) is 2.48. The predicted octanol–water partition coefficient (Wildman–Crippen LogP) is 0.0729. The second-order valence-corrected chi connectivity index (χ2v) is 2.92. The van der Waals surface area contributed by atoms with Gasteiger partial charge in [0.05, 0.1) is 0 Å². The molecule has 0 aliphatic carbocycles. The summed E-state index contributed by atoms with van der Waals surface area (Å²) in [6.45, 7) is 3.29. The van der Waals surface area contributed by atoms with Crippen molar-refractivity contribution in [2.75, 3.05) is 0 Å². The van der Waals surface area contributed by atoms with Crippen LogP contribution < -0.4 is 11.1 Å². The average molecular weight is 176 g/mol. The standard InChI is InChI=1S/C6H12N2O2S/c1-3-6(2,4(9)10)8-5(7)11/h3H2,1-2H3,(H,9,10)(H3,7,8,11).